The Morgan fingerprint density at radius 1 is 1.12 bits per heavy atom. The third-order valence-corrected chi connectivity index (χ3v) is 2.96. The molecule has 17 heavy (non-hydrogen) atoms. The van der Waals surface area contributed by atoms with Crippen molar-refractivity contribution >= 4 is 22.5 Å². The van der Waals surface area contributed by atoms with Crippen LogP contribution in [0.25, 0.3) is 10.9 Å². The van der Waals surface area contributed by atoms with Crippen molar-refractivity contribution in [3.8, 4) is 0 Å². The van der Waals surface area contributed by atoms with Gasteiger partial charge in [0.2, 0.25) is 0 Å². The molecule has 0 fully saturated rings. The first kappa shape index (κ1) is 11.9. The smallest absolute Gasteiger partial charge is 0.307 e. The van der Waals surface area contributed by atoms with Crippen LogP contribution in [-0.4, -0.2) is 9.97 Å². The number of hydrogen-bond donors (Lipinski definition) is 2. The summed E-state index contributed by atoms with van der Waals surface area (Å²) in [4.78, 5) is 27.6. The third-order valence-electron chi connectivity index (χ3n) is 2.66. The maximum atomic E-state index is 11.6. The van der Waals surface area contributed by atoms with Gasteiger partial charge in [-0.3, -0.25) is 9.78 Å². The van der Waals surface area contributed by atoms with Crippen molar-refractivity contribution in [3.63, 3.8) is 0 Å². The van der Waals surface area contributed by atoms with Gasteiger partial charge in [0.25, 0.3) is 5.56 Å². The fourth-order valence-corrected chi connectivity index (χ4v) is 1.99. The molecule has 0 spiro atoms. The Hall–Kier alpha value is -1.55. The average Bonchev–Trinajstić information content (AvgIpc) is 2.13. The zero-order valence-electron chi connectivity index (χ0n) is 9.85. The highest BCUT2D eigenvalue weighted by molar-refractivity contribution is 6.35. The standard InChI is InChI=1S/C12H13ClN2O2/c1-12(2,3)6-4-7(13)9-8(5-6)14-11(17)15-10(9)16/h4-5H,1-3H3,(H2,14,15,16,17). The zero-order chi connectivity index (χ0) is 12.8. The fraction of sp³-hybridized carbons (Fsp3) is 0.333. The molecule has 2 N–H and O–H groups in total. The number of fused-ring (bicyclic) bond motifs is 1. The minimum atomic E-state index is -0.523. The Kier molecular flexibility index (Phi) is 2.62. The van der Waals surface area contributed by atoms with E-state index in [4.69, 9.17) is 11.6 Å². The monoisotopic (exact) mass is 252 g/mol. The number of aromatic amines is 2. The van der Waals surface area contributed by atoms with Crippen LogP contribution >= 0.6 is 11.6 Å². The Labute approximate surface area is 103 Å². The zero-order valence-corrected chi connectivity index (χ0v) is 10.6. The van der Waals surface area contributed by atoms with Crippen LogP contribution in [0.1, 0.15) is 26.3 Å². The summed E-state index contributed by atoms with van der Waals surface area (Å²) in [6.45, 7) is 6.11. The van der Waals surface area contributed by atoms with E-state index < -0.39 is 11.2 Å². The minimum Gasteiger partial charge on any atom is -0.307 e. The Morgan fingerprint density at radius 2 is 1.76 bits per heavy atom. The highest BCUT2D eigenvalue weighted by Crippen LogP contribution is 2.28. The van der Waals surface area contributed by atoms with Gasteiger partial charge in [-0.1, -0.05) is 32.4 Å². The van der Waals surface area contributed by atoms with Gasteiger partial charge in [0, 0.05) is 0 Å². The largest absolute Gasteiger partial charge is 0.326 e. The van der Waals surface area contributed by atoms with Crippen molar-refractivity contribution in [3.05, 3.63) is 43.6 Å². The predicted octanol–water partition coefficient (Wildman–Crippen LogP) is 2.17. The van der Waals surface area contributed by atoms with Crippen molar-refractivity contribution in [1.29, 1.82) is 0 Å². The summed E-state index contributed by atoms with van der Waals surface area (Å²) in [6.07, 6.45) is 0. The van der Waals surface area contributed by atoms with Gasteiger partial charge in [0.15, 0.2) is 0 Å². The maximum absolute atomic E-state index is 11.6. The molecule has 1 aromatic carbocycles. The van der Waals surface area contributed by atoms with E-state index in [1.54, 1.807) is 12.1 Å². The van der Waals surface area contributed by atoms with Crippen LogP contribution in [0.3, 0.4) is 0 Å². The van der Waals surface area contributed by atoms with Crippen molar-refractivity contribution in [2.75, 3.05) is 0 Å². The summed E-state index contributed by atoms with van der Waals surface area (Å²) in [5.41, 5.74) is 0.350. The molecule has 0 radical (unpaired) electrons. The number of benzene rings is 1. The lowest BCUT2D eigenvalue weighted by molar-refractivity contribution is 0.591. The number of H-pyrrole nitrogens is 2. The molecule has 0 amide bonds. The molecule has 0 aliphatic carbocycles. The van der Waals surface area contributed by atoms with Gasteiger partial charge < -0.3 is 4.98 Å². The molecule has 0 aliphatic rings. The summed E-state index contributed by atoms with van der Waals surface area (Å²) in [5, 5.41) is 0.671. The lowest BCUT2D eigenvalue weighted by atomic mass is 9.86. The van der Waals surface area contributed by atoms with Gasteiger partial charge in [-0.2, -0.15) is 0 Å². The van der Waals surface area contributed by atoms with Crippen LogP contribution < -0.4 is 11.2 Å². The van der Waals surface area contributed by atoms with Crippen LogP contribution in [0.2, 0.25) is 5.02 Å². The molecular weight excluding hydrogens is 240 g/mol. The number of aromatic nitrogens is 2. The van der Waals surface area contributed by atoms with E-state index in [1.807, 2.05) is 20.8 Å². The molecule has 0 saturated heterocycles. The fourth-order valence-electron chi connectivity index (χ4n) is 1.69. The Bertz CT molecular complexity index is 692. The second-order valence-electron chi connectivity index (χ2n) is 5.04. The number of nitrogens with one attached hydrogen (secondary N) is 2. The second kappa shape index (κ2) is 3.74. The third kappa shape index (κ3) is 2.13. The van der Waals surface area contributed by atoms with Crippen LogP contribution in [-0.2, 0) is 5.41 Å². The molecule has 0 saturated carbocycles. The normalized spacial score (nSPS) is 12.0. The van der Waals surface area contributed by atoms with Gasteiger partial charge in [0.05, 0.1) is 15.9 Å². The predicted molar refractivity (Wildman–Crippen MR) is 68.9 cm³/mol. The van der Waals surface area contributed by atoms with E-state index in [9.17, 15) is 9.59 Å². The van der Waals surface area contributed by atoms with E-state index in [-0.39, 0.29) is 5.41 Å². The van der Waals surface area contributed by atoms with Gasteiger partial charge in [0.1, 0.15) is 0 Å². The molecule has 0 unspecified atom stereocenters. The molecule has 5 heteroatoms. The van der Waals surface area contributed by atoms with E-state index in [1.165, 1.54) is 0 Å². The summed E-state index contributed by atoms with van der Waals surface area (Å²) < 4.78 is 0. The number of hydrogen-bond acceptors (Lipinski definition) is 2. The first-order valence-corrected chi connectivity index (χ1v) is 5.63. The molecule has 0 aliphatic heterocycles. The van der Waals surface area contributed by atoms with E-state index in [0.29, 0.717) is 15.9 Å². The Morgan fingerprint density at radius 3 is 2.35 bits per heavy atom. The molecule has 0 bridgehead atoms. The van der Waals surface area contributed by atoms with Gasteiger partial charge >= 0.3 is 5.69 Å². The quantitative estimate of drug-likeness (QED) is 0.755. The maximum Gasteiger partial charge on any atom is 0.326 e. The molecule has 4 nitrogen and oxygen atoms in total. The summed E-state index contributed by atoms with van der Waals surface area (Å²) in [5.74, 6) is 0. The van der Waals surface area contributed by atoms with Crippen molar-refractivity contribution in [1.82, 2.24) is 9.97 Å². The summed E-state index contributed by atoms with van der Waals surface area (Å²) in [6, 6.07) is 3.55. The highest BCUT2D eigenvalue weighted by atomic mass is 35.5. The topological polar surface area (TPSA) is 65.7 Å². The van der Waals surface area contributed by atoms with E-state index in [2.05, 4.69) is 9.97 Å². The van der Waals surface area contributed by atoms with Gasteiger partial charge in [-0.15, -0.1) is 0 Å². The van der Waals surface area contributed by atoms with Gasteiger partial charge in [-0.05, 0) is 23.1 Å². The van der Waals surface area contributed by atoms with Crippen LogP contribution in [0.5, 0.6) is 0 Å². The first-order valence-electron chi connectivity index (χ1n) is 5.25. The summed E-state index contributed by atoms with van der Waals surface area (Å²) in [7, 11) is 0. The molecule has 90 valence electrons. The lowest BCUT2D eigenvalue weighted by Gasteiger charge is -2.19. The molecule has 1 heterocycles. The van der Waals surface area contributed by atoms with Crippen molar-refractivity contribution in [2.24, 2.45) is 0 Å². The van der Waals surface area contributed by atoms with E-state index in [0.717, 1.165) is 5.56 Å². The average molecular weight is 253 g/mol. The van der Waals surface area contributed by atoms with Gasteiger partial charge in [-0.25, -0.2) is 4.79 Å². The second-order valence-corrected chi connectivity index (χ2v) is 5.45. The lowest BCUT2D eigenvalue weighted by Crippen LogP contribution is -2.22. The number of rotatable bonds is 0. The first-order chi connectivity index (χ1) is 7.79. The van der Waals surface area contributed by atoms with Crippen LogP contribution in [0, 0.1) is 0 Å². The Balaban J connectivity index is 2.92. The molecule has 0 atom stereocenters. The minimum absolute atomic E-state index is 0.0999. The molecule has 2 rings (SSSR count). The van der Waals surface area contributed by atoms with E-state index >= 15 is 0 Å². The number of halogens is 1. The van der Waals surface area contributed by atoms with Crippen LogP contribution in [0.15, 0.2) is 21.7 Å². The summed E-state index contributed by atoms with van der Waals surface area (Å²) >= 11 is 6.08. The van der Waals surface area contributed by atoms with Crippen molar-refractivity contribution < 1.29 is 0 Å². The highest BCUT2D eigenvalue weighted by Gasteiger charge is 2.17. The molecule has 1 aromatic heterocycles. The SMILES string of the molecule is CC(C)(C)c1cc(Cl)c2c(=O)[nH]c(=O)[nH]c2c1. The molecular formula is C12H13ClN2O2. The van der Waals surface area contributed by atoms with Crippen LogP contribution in [0.4, 0.5) is 0 Å². The van der Waals surface area contributed by atoms with Crippen molar-refractivity contribution in [2.45, 2.75) is 26.2 Å². The molecule has 2 aromatic rings.